The summed E-state index contributed by atoms with van der Waals surface area (Å²) in [6, 6.07) is 6.44. The summed E-state index contributed by atoms with van der Waals surface area (Å²) >= 11 is 0. The maximum Gasteiger partial charge on any atom is 0.270 e. The van der Waals surface area contributed by atoms with Gasteiger partial charge in [0.05, 0.1) is 4.92 Å². The van der Waals surface area contributed by atoms with E-state index in [1.807, 2.05) is 4.90 Å². The lowest BCUT2D eigenvalue weighted by Crippen LogP contribution is -2.49. The van der Waals surface area contributed by atoms with E-state index >= 15 is 0 Å². The SMILES string of the molecule is O=C(/C=C/c1cccc([N+](=O)[O-])c1)N1CCC(N2CCCCC2=O)CC1. The quantitative estimate of drug-likeness (QED) is 0.471. The van der Waals surface area contributed by atoms with Crippen molar-refractivity contribution >= 4 is 23.6 Å². The Hall–Kier alpha value is -2.70. The van der Waals surface area contributed by atoms with Crippen molar-refractivity contribution in [3.63, 3.8) is 0 Å². The minimum absolute atomic E-state index is 0.00612. The summed E-state index contributed by atoms with van der Waals surface area (Å²) in [4.78, 5) is 38.5. The molecule has 26 heavy (non-hydrogen) atoms. The highest BCUT2D eigenvalue weighted by atomic mass is 16.6. The maximum absolute atomic E-state index is 12.4. The molecule has 2 aliphatic heterocycles. The number of likely N-dealkylation sites (tertiary alicyclic amines) is 2. The molecule has 2 aliphatic rings. The molecule has 2 heterocycles. The molecule has 3 rings (SSSR count). The van der Waals surface area contributed by atoms with Crippen LogP contribution in [0.4, 0.5) is 5.69 Å². The van der Waals surface area contributed by atoms with Crippen LogP contribution in [0.2, 0.25) is 0 Å². The summed E-state index contributed by atoms with van der Waals surface area (Å²) in [5, 5.41) is 10.8. The van der Waals surface area contributed by atoms with E-state index in [1.165, 1.54) is 18.2 Å². The Morgan fingerprint density at radius 2 is 1.96 bits per heavy atom. The first kappa shape index (κ1) is 18.1. The summed E-state index contributed by atoms with van der Waals surface area (Å²) in [7, 11) is 0. The Kier molecular flexibility index (Phi) is 5.65. The van der Waals surface area contributed by atoms with Gasteiger partial charge in [-0.1, -0.05) is 12.1 Å². The molecule has 1 aromatic rings. The van der Waals surface area contributed by atoms with Gasteiger partial charge in [0.2, 0.25) is 11.8 Å². The topological polar surface area (TPSA) is 83.8 Å². The number of nitrogens with zero attached hydrogens (tertiary/aromatic N) is 3. The van der Waals surface area contributed by atoms with Crippen LogP contribution in [0.5, 0.6) is 0 Å². The summed E-state index contributed by atoms with van der Waals surface area (Å²) in [6.07, 6.45) is 7.38. The zero-order valence-corrected chi connectivity index (χ0v) is 14.7. The summed E-state index contributed by atoms with van der Waals surface area (Å²) < 4.78 is 0. The maximum atomic E-state index is 12.4. The van der Waals surface area contributed by atoms with E-state index in [-0.39, 0.29) is 23.5 Å². The second kappa shape index (κ2) is 8.12. The molecule has 7 nitrogen and oxygen atoms in total. The van der Waals surface area contributed by atoms with Crippen LogP contribution < -0.4 is 0 Å². The fourth-order valence-electron chi connectivity index (χ4n) is 3.63. The Bertz CT molecular complexity index is 723. The smallest absolute Gasteiger partial charge is 0.270 e. The molecule has 2 fully saturated rings. The molecule has 138 valence electrons. The molecule has 0 spiro atoms. The normalized spacial score (nSPS) is 19.2. The van der Waals surface area contributed by atoms with Gasteiger partial charge in [-0.05, 0) is 37.3 Å². The Labute approximate surface area is 152 Å². The molecule has 0 aliphatic carbocycles. The first-order chi connectivity index (χ1) is 12.5. The number of non-ortho nitro benzene ring substituents is 1. The predicted octanol–water partition coefficient (Wildman–Crippen LogP) is 2.61. The highest BCUT2D eigenvalue weighted by Crippen LogP contribution is 2.22. The van der Waals surface area contributed by atoms with Gasteiger partial charge in [0.25, 0.3) is 5.69 Å². The number of carbonyl (C=O) groups is 2. The molecule has 0 radical (unpaired) electrons. The van der Waals surface area contributed by atoms with Gasteiger partial charge in [0.15, 0.2) is 0 Å². The first-order valence-corrected chi connectivity index (χ1v) is 9.05. The molecule has 1 aromatic carbocycles. The molecule has 0 saturated carbocycles. The van der Waals surface area contributed by atoms with Crippen molar-refractivity contribution in [3.8, 4) is 0 Å². The Balaban J connectivity index is 1.54. The van der Waals surface area contributed by atoms with Crippen LogP contribution in [0.25, 0.3) is 6.08 Å². The van der Waals surface area contributed by atoms with E-state index in [0.717, 1.165) is 32.2 Å². The number of nitro benzene ring substituents is 1. The minimum atomic E-state index is -0.453. The number of piperidine rings is 2. The lowest BCUT2D eigenvalue weighted by molar-refractivity contribution is -0.384. The van der Waals surface area contributed by atoms with Crippen molar-refractivity contribution in [1.82, 2.24) is 9.80 Å². The summed E-state index contributed by atoms with van der Waals surface area (Å²) in [5.41, 5.74) is 0.632. The molecule has 7 heteroatoms. The zero-order valence-electron chi connectivity index (χ0n) is 14.7. The number of carbonyl (C=O) groups excluding carboxylic acids is 2. The standard InChI is InChI=1S/C19H23N3O4/c23-18(8-7-15-4-3-5-17(14-15)22(25)26)20-12-9-16(10-13-20)21-11-2-1-6-19(21)24/h3-5,7-8,14,16H,1-2,6,9-13H2/b8-7+. The van der Waals surface area contributed by atoms with Gasteiger partial charge in [0.1, 0.15) is 0 Å². The van der Waals surface area contributed by atoms with Crippen LogP contribution in [-0.4, -0.2) is 52.2 Å². The first-order valence-electron chi connectivity index (χ1n) is 9.05. The molecular formula is C19H23N3O4. The van der Waals surface area contributed by atoms with E-state index in [1.54, 1.807) is 23.1 Å². The number of benzene rings is 1. The molecular weight excluding hydrogens is 334 g/mol. The fourth-order valence-corrected chi connectivity index (χ4v) is 3.63. The fraction of sp³-hybridized carbons (Fsp3) is 0.474. The summed E-state index contributed by atoms with van der Waals surface area (Å²) in [6.45, 7) is 2.10. The van der Waals surface area contributed by atoms with E-state index in [9.17, 15) is 19.7 Å². The average molecular weight is 357 g/mol. The van der Waals surface area contributed by atoms with Gasteiger partial charge in [-0.15, -0.1) is 0 Å². The third-order valence-corrected chi connectivity index (χ3v) is 5.08. The van der Waals surface area contributed by atoms with Crippen molar-refractivity contribution < 1.29 is 14.5 Å². The minimum Gasteiger partial charge on any atom is -0.340 e. The third kappa shape index (κ3) is 4.28. The van der Waals surface area contributed by atoms with Crippen LogP contribution in [-0.2, 0) is 9.59 Å². The van der Waals surface area contributed by atoms with Crippen LogP contribution >= 0.6 is 0 Å². The molecule has 2 saturated heterocycles. The van der Waals surface area contributed by atoms with Crippen LogP contribution in [0.15, 0.2) is 30.3 Å². The van der Waals surface area contributed by atoms with Crippen LogP contribution in [0.3, 0.4) is 0 Å². The largest absolute Gasteiger partial charge is 0.340 e. The van der Waals surface area contributed by atoms with Crippen LogP contribution in [0, 0.1) is 10.1 Å². The van der Waals surface area contributed by atoms with Gasteiger partial charge < -0.3 is 9.80 Å². The van der Waals surface area contributed by atoms with E-state index in [4.69, 9.17) is 0 Å². The number of hydrogen-bond acceptors (Lipinski definition) is 4. The Morgan fingerprint density at radius 3 is 2.65 bits per heavy atom. The second-order valence-corrected chi connectivity index (χ2v) is 6.79. The average Bonchev–Trinajstić information content (AvgIpc) is 2.67. The van der Waals surface area contributed by atoms with Crippen molar-refractivity contribution in [2.75, 3.05) is 19.6 Å². The molecule has 0 aromatic heterocycles. The van der Waals surface area contributed by atoms with Gasteiger partial charge in [0, 0.05) is 50.3 Å². The summed E-state index contributed by atoms with van der Waals surface area (Å²) in [5.74, 6) is 0.145. The highest BCUT2D eigenvalue weighted by molar-refractivity contribution is 5.92. The van der Waals surface area contributed by atoms with Gasteiger partial charge in [-0.2, -0.15) is 0 Å². The van der Waals surface area contributed by atoms with Gasteiger partial charge >= 0.3 is 0 Å². The predicted molar refractivity (Wildman–Crippen MR) is 97.3 cm³/mol. The third-order valence-electron chi connectivity index (χ3n) is 5.08. The van der Waals surface area contributed by atoms with Crippen LogP contribution in [0.1, 0.15) is 37.7 Å². The lowest BCUT2D eigenvalue weighted by atomic mass is 9.99. The molecule has 0 bridgehead atoms. The monoisotopic (exact) mass is 357 g/mol. The van der Waals surface area contributed by atoms with Gasteiger partial charge in [-0.25, -0.2) is 0 Å². The van der Waals surface area contributed by atoms with Gasteiger partial charge in [-0.3, -0.25) is 19.7 Å². The number of nitro groups is 1. The van der Waals surface area contributed by atoms with Crippen molar-refractivity contribution in [2.24, 2.45) is 0 Å². The van der Waals surface area contributed by atoms with Crippen molar-refractivity contribution in [1.29, 1.82) is 0 Å². The van der Waals surface area contributed by atoms with Crippen molar-refractivity contribution in [2.45, 2.75) is 38.1 Å². The van der Waals surface area contributed by atoms with Crippen molar-refractivity contribution in [3.05, 3.63) is 46.0 Å². The second-order valence-electron chi connectivity index (χ2n) is 6.79. The van der Waals surface area contributed by atoms with E-state index in [0.29, 0.717) is 25.1 Å². The van der Waals surface area contributed by atoms with E-state index in [2.05, 4.69) is 0 Å². The lowest BCUT2D eigenvalue weighted by Gasteiger charge is -2.40. The highest BCUT2D eigenvalue weighted by Gasteiger charge is 2.30. The molecule has 0 N–H and O–H groups in total. The van der Waals surface area contributed by atoms with E-state index < -0.39 is 4.92 Å². The molecule has 2 amide bonds. The Morgan fingerprint density at radius 1 is 1.19 bits per heavy atom. The zero-order chi connectivity index (χ0) is 18.5. The molecule has 0 unspecified atom stereocenters. The molecule has 0 atom stereocenters. The number of hydrogen-bond donors (Lipinski definition) is 0. The number of rotatable bonds is 4. The number of amides is 2.